The first-order valence-electron chi connectivity index (χ1n) is 8.33. The fourth-order valence-electron chi connectivity index (χ4n) is 2.77. The van der Waals surface area contributed by atoms with Crippen molar-refractivity contribution in [2.45, 2.75) is 38.5 Å². The molecule has 0 saturated heterocycles. The van der Waals surface area contributed by atoms with Gasteiger partial charge < -0.3 is 19.6 Å². The van der Waals surface area contributed by atoms with Gasteiger partial charge in [0.15, 0.2) is 9.84 Å². The first-order valence-corrected chi connectivity index (χ1v) is 12.0. The monoisotopic (exact) mass is 412 g/mol. The van der Waals surface area contributed by atoms with Gasteiger partial charge in [0.25, 0.3) is 0 Å². The highest BCUT2D eigenvalue weighted by Gasteiger charge is 2.23. The van der Waals surface area contributed by atoms with Crippen molar-refractivity contribution < 1.29 is 28.0 Å². The summed E-state index contributed by atoms with van der Waals surface area (Å²) in [5.74, 6) is 1.36. The number of aryl methyl sites for hydroxylation is 2. The molecule has 0 spiro atoms. The predicted molar refractivity (Wildman–Crippen MR) is 109 cm³/mol. The molecule has 0 saturated carbocycles. The number of aromatic hydroxyl groups is 1. The number of hydrogen-bond donors (Lipinski definition) is 3. The number of benzene rings is 2. The van der Waals surface area contributed by atoms with Crippen LogP contribution in [0.25, 0.3) is 0 Å². The lowest BCUT2D eigenvalue weighted by Crippen LogP contribution is -2.08. The molecule has 0 aliphatic rings. The van der Waals surface area contributed by atoms with Crippen LogP contribution in [0.4, 0.5) is 0 Å². The Hall–Kier alpha value is -1.79. The second-order valence-electron chi connectivity index (χ2n) is 6.99. The molecular weight excluding hydrogens is 387 g/mol. The van der Waals surface area contributed by atoms with Gasteiger partial charge in [-0.25, -0.2) is 8.42 Å². The summed E-state index contributed by atoms with van der Waals surface area (Å²) in [7, 11) is -7.59. The smallest absolute Gasteiger partial charge is 0.186 e. The maximum atomic E-state index is 12.4. The molecule has 3 N–H and O–H groups in total. The van der Waals surface area contributed by atoms with Gasteiger partial charge in [-0.1, -0.05) is 20.1 Å². The number of sulfone groups is 1. The molecule has 27 heavy (non-hydrogen) atoms. The Morgan fingerprint density at radius 3 is 2.15 bits per heavy atom. The van der Waals surface area contributed by atoms with Crippen LogP contribution >= 0.6 is 7.34 Å². The van der Waals surface area contributed by atoms with Gasteiger partial charge in [0, 0.05) is 5.56 Å². The zero-order valence-electron chi connectivity index (χ0n) is 15.8. The Labute approximate surface area is 160 Å². The van der Waals surface area contributed by atoms with Crippen LogP contribution in [-0.2, 0) is 9.84 Å². The second kappa shape index (κ2) is 7.68. The van der Waals surface area contributed by atoms with E-state index in [2.05, 4.69) is 6.30 Å². The van der Waals surface area contributed by atoms with Crippen LogP contribution in [0.1, 0.15) is 36.5 Å². The largest absolute Gasteiger partial charge is 0.508 e. The lowest BCUT2D eigenvalue weighted by atomic mass is 10.0. The summed E-state index contributed by atoms with van der Waals surface area (Å²) in [5, 5.41) is 9.93. The first kappa shape index (κ1) is 21.5. The molecule has 6 nitrogen and oxygen atoms in total. The van der Waals surface area contributed by atoms with Crippen molar-refractivity contribution in [3.63, 3.8) is 0 Å². The molecule has 0 aliphatic heterocycles. The Kier molecular flexibility index (Phi) is 6.12. The van der Waals surface area contributed by atoms with Crippen molar-refractivity contribution in [3.8, 4) is 17.2 Å². The minimum atomic E-state index is -3.88. The van der Waals surface area contributed by atoms with Gasteiger partial charge in [-0.3, -0.25) is 0 Å². The van der Waals surface area contributed by atoms with Crippen LogP contribution in [0.3, 0.4) is 0 Å². The lowest BCUT2D eigenvalue weighted by Gasteiger charge is -2.17. The molecule has 2 aromatic carbocycles. The van der Waals surface area contributed by atoms with Crippen molar-refractivity contribution in [2.24, 2.45) is 0 Å². The highest BCUT2D eigenvalue weighted by Crippen LogP contribution is 2.39. The van der Waals surface area contributed by atoms with E-state index in [1.165, 1.54) is 12.1 Å². The van der Waals surface area contributed by atoms with Gasteiger partial charge in [-0.2, -0.15) is 0 Å². The minimum absolute atomic E-state index is 0.00505. The normalized spacial score (nSPS) is 12.4. The molecule has 0 atom stereocenters. The molecule has 0 unspecified atom stereocenters. The van der Waals surface area contributed by atoms with Gasteiger partial charge in [0.1, 0.15) is 30.1 Å². The van der Waals surface area contributed by atoms with Crippen LogP contribution in [-0.4, -0.2) is 35.1 Å². The van der Waals surface area contributed by atoms with Gasteiger partial charge >= 0.3 is 0 Å². The molecule has 0 amide bonds. The van der Waals surface area contributed by atoms with Gasteiger partial charge in [-0.05, 0) is 61.2 Å². The standard InChI is InChI=1S/C19H25O6PS/c1-12(2)17-10-15(6-7-18(17)20)25-19-13(3)8-16(9-14(19)4)27(23,24)11-26(5,21)22/h6-10,12,20-22H,5,11H2,1-4H3. The Morgan fingerprint density at radius 2 is 1.67 bits per heavy atom. The van der Waals surface area contributed by atoms with Crippen LogP contribution in [0.2, 0.25) is 0 Å². The van der Waals surface area contributed by atoms with Crippen molar-refractivity contribution in [3.05, 3.63) is 47.0 Å². The summed E-state index contributed by atoms with van der Waals surface area (Å²) in [5.41, 5.74) is 1.14. The third-order valence-electron chi connectivity index (χ3n) is 4.01. The third-order valence-corrected chi connectivity index (χ3v) is 7.98. The summed E-state index contributed by atoms with van der Waals surface area (Å²) in [6, 6.07) is 7.84. The Bertz CT molecular complexity index is 982. The van der Waals surface area contributed by atoms with Gasteiger partial charge in [0.2, 0.25) is 0 Å². The van der Waals surface area contributed by atoms with E-state index in [0.29, 0.717) is 22.6 Å². The van der Waals surface area contributed by atoms with Crippen LogP contribution in [0.15, 0.2) is 35.2 Å². The van der Waals surface area contributed by atoms with E-state index < -0.39 is 22.7 Å². The van der Waals surface area contributed by atoms with Crippen LogP contribution < -0.4 is 4.74 Å². The van der Waals surface area contributed by atoms with Crippen molar-refractivity contribution in [2.75, 3.05) is 5.49 Å². The maximum absolute atomic E-state index is 12.4. The zero-order chi connectivity index (χ0) is 20.6. The molecule has 0 bridgehead atoms. The Balaban J connectivity index is 2.41. The highest BCUT2D eigenvalue weighted by molar-refractivity contribution is 7.98. The fourth-order valence-corrected chi connectivity index (χ4v) is 6.26. The average Bonchev–Trinajstić information content (AvgIpc) is 2.49. The molecule has 0 radical (unpaired) electrons. The van der Waals surface area contributed by atoms with Crippen molar-refractivity contribution in [1.82, 2.24) is 0 Å². The van der Waals surface area contributed by atoms with E-state index in [4.69, 9.17) is 4.74 Å². The molecular formula is C19H25O6PS. The Morgan fingerprint density at radius 1 is 1.11 bits per heavy atom. The quantitative estimate of drug-likeness (QED) is 0.622. The molecule has 0 aliphatic carbocycles. The molecule has 0 heterocycles. The van der Waals surface area contributed by atoms with E-state index in [-0.39, 0.29) is 16.6 Å². The van der Waals surface area contributed by atoms with Crippen LogP contribution in [0, 0.1) is 13.8 Å². The van der Waals surface area contributed by atoms with Gasteiger partial charge in [-0.15, -0.1) is 0 Å². The van der Waals surface area contributed by atoms with E-state index >= 15 is 0 Å². The zero-order valence-corrected chi connectivity index (χ0v) is 17.5. The molecule has 0 fully saturated rings. The summed E-state index contributed by atoms with van der Waals surface area (Å²) in [4.78, 5) is 18.8. The summed E-state index contributed by atoms with van der Waals surface area (Å²) in [6.07, 6.45) is 3.13. The summed E-state index contributed by atoms with van der Waals surface area (Å²) in [6.45, 7) is 7.36. The topological polar surface area (TPSA) is 104 Å². The third kappa shape index (κ3) is 5.36. The van der Waals surface area contributed by atoms with Gasteiger partial charge in [0.05, 0.1) is 4.90 Å². The van der Waals surface area contributed by atoms with E-state index in [0.717, 1.165) is 5.56 Å². The minimum Gasteiger partial charge on any atom is -0.508 e. The van der Waals surface area contributed by atoms with E-state index in [1.54, 1.807) is 32.0 Å². The summed E-state index contributed by atoms with van der Waals surface area (Å²) < 4.78 is 30.7. The van der Waals surface area contributed by atoms with Crippen molar-refractivity contribution in [1.29, 1.82) is 0 Å². The fraction of sp³-hybridized carbons (Fsp3) is 0.316. The number of rotatable bonds is 6. The number of ether oxygens (including phenoxy) is 1. The highest BCUT2D eigenvalue weighted by atomic mass is 32.2. The molecule has 148 valence electrons. The SMILES string of the molecule is C=P(O)(O)CS(=O)(=O)c1cc(C)c(Oc2ccc(O)c(C(C)C)c2)c(C)c1. The molecule has 2 rings (SSSR count). The number of phenols is 1. The molecule has 8 heteroatoms. The first-order chi connectivity index (χ1) is 12.3. The number of hydrogen-bond acceptors (Lipinski definition) is 6. The van der Waals surface area contributed by atoms with Crippen molar-refractivity contribution >= 4 is 23.5 Å². The molecule has 0 aromatic heterocycles. The van der Waals surface area contributed by atoms with E-state index in [9.17, 15) is 23.3 Å². The lowest BCUT2D eigenvalue weighted by molar-refractivity contribution is 0.452. The summed E-state index contributed by atoms with van der Waals surface area (Å²) >= 11 is 0. The molecule has 2 aromatic rings. The van der Waals surface area contributed by atoms with E-state index in [1.807, 2.05) is 13.8 Å². The van der Waals surface area contributed by atoms with Crippen LogP contribution in [0.5, 0.6) is 17.2 Å². The predicted octanol–water partition coefficient (Wildman–Crippen LogP) is 3.92. The second-order valence-corrected chi connectivity index (χ2v) is 11.5. The number of phenolic OH excluding ortho intramolecular Hbond substituents is 1. The average molecular weight is 412 g/mol. The maximum Gasteiger partial charge on any atom is 0.186 e.